The highest BCUT2D eigenvalue weighted by atomic mass is 127. The molecule has 138 valence electrons. The molecule has 4 rings (SSSR count). The van der Waals surface area contributed by atoms with Crippen LogP contribution in [0.2, 0.25) is 5.02 Å². The summed E-state index contributed by atoms with van der Waals surface area (Å²) in [5, 5.41) is 1.94. The standard InChI is InChI=1S/C23H22ClN2.HI/c1-3-25-20(12-9-17-7-5-6-8-22(17)25)16-21-13-10-18-15-19(24)11-14-23(18)26(21)4-2;/h5-16H,3-4H2,1-2H3;1H/q+1;/p-1. The van der Waals surface area contributed by atoms with Crippen molar-refractivity contribution < 1.29 is 28.5 Å². The number of rotatable bonds is 3. The third kappa shape index (κ3) is 3.76. The average Bonchev–Trinajstić information content (AvgIpc) is 2.67. The molecular formula is C23H22ClIN2. The Kier molecular flexibility index (Phi) is 6.22. The third-order valence-electron chi connectivity index (χ3n) is 4.93. The maximum absolute atomic E-state index is 6.16. The first-order chi connectivity index (χ1) is 12.7. The number of para-hydroxylation sites is 1. The van der Waals surface area contributed by atoms with Gasteiger partial charge in [0.2, 0.25) is 11.2 Å². The number of halogens is 2. The summed E-state index contributed by atoms with van der Waals surface area (Å²) in [6, 6.07) is 19.0. The summed E-state index contributed by atoms with van der Waals surface area (Å²) in [6.07, 6.45) is 6.68. The topological polar surface area (TPSA) is 7.12 Å². The molecule has 2 aromatic carbocycles. The Morgan fingerprint density at radius 1 is 1.00 bits per heavy atom. The Bertz CT molecular complexity index is 1040. The highest BCUT2D eigenvalue weighted by Crippen LogP contribution is 2.31. The van der Waals surface area contributed by atoms with Gasteiger partial charge in [-0.15, -0.1) is 0 Å². The molecule has 0 saturated carbocycles. The maximum atomic E-state index is 6.16. The van der Waals surface area contributed by atoms with E-state index in [9.17, 15) is 0 Å². The van der Waals surface area contributed by atoms with Gasteiger partial charge >= 0.3 is 0 Å². The van der Waals surface area contributed by atoms with Crippen molar-refractivity contribution in [1.29, 1.82) is 0 Å². The monoisotopic (exact) mass is 488 g/mol. The number of fused-ring (bicyclic) bond motifs is 2. The lowest BCUT2D eigenvalue weighted by atomic mass is 10.0. The molecule has 1 aliphatic rings. The van der Waals surface area contributed by atoms with Crippen molar-refractivity contribution in [3.63, 3.8) is 0 Å². The summed E-state index contributed by atoms with van der Waals surface area (Å²) in [4.78, 5) is 2.36. The van der Waals surface area contributed by atoms with Gasteiger partial charge in [-0.2, -0.15) is 4.57 Å². The van der Waals surface area contributed by atoms with E-state index in [1.54, 1.807) is 0 Å². The van der Waals surface area contributed by atoms with Gasteiger partial charge in [-0.05, 0) is 49.8 Å². The number of allylic oxidation sites excluding steroid dienone is 1. The Labute approximate surface area is 182 Å². The molecule has 3 aromatic rings. The van der Waals surface area contributed by atoms with Crippen LogP contribution in [0.1, 0.15) is 25.1 Å². The van der Waals surface area contributed by atoms with Crippen molar-refractivity contribution in [3.05, 3.63) is 82.7 Å². The van der Waals surface area contributed by atoms with E-state index in [-0.39, 0.29) is 24.0 Å². The van der Waals surface area contributed by atoms with Gasteiger partial charge in [-0.3, -0.25) is 0 Å². The molecule has 0 unspecified atom stereocenters. The second kappa shape index (κ2) is 8.44. The van der Waals surface area contributed by atoms with E-state index < -0.39 is 0 Å². The highest BCUT2D eigenvalue weighted by Gasteiger charge is 2.18. The van der Waals surface area contributed by atoms with Crippen LogP contribution in [-0.4, -0.2) is 6.54 Å². The molecule has 1 aliphatic heterocycles. The van der Waals surface area contributed by atoms with Crippen molar-refractivity contribution in [3.8, 4) is 0 Å². The van der Waals surface area contributed by atoms with Crippen LogP contribution < -0.4 is 33.4 Å². The lowest BCUT2D eigenvalue weighted by molar-refractivity contribution is -0.669. The second-order valence-corrected chi connectivity index (χ2v) is 6.85. The van der Waals surface area contributed by atoms with Crippen LogP contribution in [0, 0.1) is 0 Å². The molecule has 0 spiro atoms. The minimum absolute atomic E-state index is 0. The van der Waals surface area contributed by atoms with E-state index >= 15 is 0 Å². The van der Waals surface area contributed by atoms with Gasteiger partial charge in [0.1, 0.15) is 6.54 Å². The van der Waals surface area contributed by atoms with Gasteiger partial charge in [0.05, 0.1) is 0 Å². The summed E-state index contributed by atoms with van der Waals surface area (Å²) in [7, 11) is 0. The molecule has 0 aliphatic carbocycles. The van der Waals surface area contributed by atoms with Gasteiger partial charge in [-0.1, -0.05) is 35.9 Å². The van der Waals surface area contributed by atoms with E-state index in [1.165, 1.54) is 33.5 Å². The first-order valence-electron chi connectivity index (χ1n) is 9.09. The molecule has 0 saturated heterocycles. The summed E-state index contributed by atoms with van der Waals surface area (Å²) in [5.41, 5.74) is 6.14. The van der Waals surface area contributed by atoms with Gasteiger partial charge in [0.25, 0.3) is 0 Å². The zero-order chi connectivity index (χ0) is 18.1. The molecule has 4 heteroatoms. The van der Waals surface area contributed by atoms with Crippen LogP contribution in [0.5, 0.6) is 0 Å². The van der Waals surface area contributed by atoms with Gasteiger partial charge in [0, 0.05) is 46.5 Å². The molecule has 2 nitrogen and oxygen atoms in total. The van der Waals surface area contributed by atoms with Crippen LogP contribution in [0.15, 0.2) is 66.4 Å². The number of pyridine rings is 1. The van der Waals surface area contributed by atoms with Crippen LogP contribution in [0.4, 0.5) is 5.69 Å². The SMILES string of the molecule is CCN1/C(=C/c2ccc3cc(Cl)ccc3[n+]2CC)C=Cc2ccccc21.[I-]. The van der Waals surface area contributed by atoms with Crippen LogP contribution in [0.25, 0.3) is 23.1 Å². The number of aryl methyl sites for hydroxylation is 1. The summed E-state index contributed by atoms with van der Waals surface area (Å²) >= 11 is 6.16. The molecule has 0 radical (unpaired) electrons. The predicted molar refractivity (Wildman–Crippen MR) is 111 cm³/mol. The van der Waals surface area contributed by atoms with Crippen molar-refractivity contribution >= 4 is 40.3 Å². The van der Waals surface area contributed by atoms with E-state index in [0.717, 1.165) is 18.1 Å². The zero-order valence-corrected chi connectivity index (χ0v) is 18.4. The lowest BCUT2D eigenvalue weighted by Crippen LogP contribution is -3.00. The second-order valence-electron chi connectivity index (χ2n) is 6.41. The highest BCUT2D eigenvalue weighted by molar-refractivity contribution is 6.31. The van der Waals surface area contributed by atoms with Gasteiger partial charge in [-0.25, -0.2) is 0 Å². The number of nitrogens with zero attached hydrogens (tertiary/aromatic N) is 2. The largest absolute Gasteiger partial charge is 1.00 e. The molecule has 0 N–H and O–H groups in total. The number of benzene rings is 2. The molecule has 1 aromatic heterocycles. The van der Waals surface area contributed by atoms with E-state index in [0.29, 0.717) is 0 Å². The number of anilines is 1. The molecule has 0 amide bonds. The first kappa shape index (κ1) is 19.9. The van der Waals surface area contributed by atoms with Crippen molar-refractivity contribution in [2.75, 3.05) is 11.4 Å². The number of aromatic nitrogens is 1. The van der Waals surface area contributed by atoms with Gasteiger partial charge < -0.3 is 28.9 Å². The fourth-order valence-corrected chi connectivity index (χ4v) is 3.88. The van der Waals surface area contributed by atoms with Crippen molar-refractivity contribution in [2.24, 2.45) is 0 Å². The maximum Gasteiger partial charge on any atom is 0.213 e. The Morgan fingerprint density at radius 2 is 1.81 bits per heavy atom. The van der Waals surface area contributed by atoms with E-state index in [2.05, 4.69) is 84.0 Å². The predicted octanol–water partition coefficient (Wildman–Crippen LogP) is 2.70. The van der Waals surface area contributed by atoms with E-state index in [1.807, 2.05) is 12.1 Å². The number of hydrogen-bond acceptors (Lipinski definition) is 1. The number of hydrogen-bond donors (Lipinski definition) is 0. The fourth-order valence-electron chi connectivity index (χ4n) is 3.70. The summed E-state index contributed by atoms with van der Waals surface area (Å²) < 4.78 is 2.33. The van der Waals surface area contributed by atoms with Gasteiger partial charge in [0.15, 0.2) is 0 Å². The average molecular weight is 489 g/mol. The van der Waals surface area contributed by atoms with Crippen LogP contribution in [0.3, 0.4) is 0 Å². The quantitative estimate of drug-likeness (QED) is 0.406. The Morgan fingerprint density at radius 3 is 2.59 bits per heavy atom. The van der Waals surface area contributed by atoms with E-state index in [4.69, 9.17) is 11.6 Å². The van der Waals surface area contributed by atoms with Crippen molar-refractivity contribution in [1.82, 2.24) is 0 Å². The first-order valence-corrected chi connectivity index (χ1v) is 9.47. The smallest absolute Gasteiger partial charge is 0.213 e. The molecule has 27 heavy (non-hydrogen) atoms. The van der Waals surface area contributed by atoms with Crippen LogP contribution in [-0.2, 0) is 6.54 Å². The molecule has 2 heterocycles. The van der Waals surface area contributed by atoms with Crippen LogP contribution >= 0.6 is 11.6 Å². The normalized spacial score (nSPS) is 14.3. The molecule has 0 fully saturated rings. The Balaban J connectivity index is 0.00000210. The molecule has 0 bridgehead atoms. The Hall–Kier alpha value is -1.85. The zero-order valence-electron chi connectivity index (χ0n) is 15.5. The summed E-state index contributed by atoms with van der Waals surface area (Å²) in [5.74, 6) is 0. The fraction of sp³-hybridized carbons (Fsp3) is 0.174. The minimum atomic E-state index is 0. The minimum Gasteiger partial charge on any atom is -1.00 e. The molecule has 0 atom stereocenters. The third-order valence-corrected chi connectivity index (χ3v) is 5.16. The summed E-state index contributed by atoms with van der Waals surface area (Å²) in [6.45, 7) is 6.21. The van der Waals surface area contributed by atoms with Crippen molar-refractivity contribution in [2.45, 2.75) is 20.4 Å². The lowest BCUT2D eigenvalue weighted by Gasteiger charge is -2.29. The number of likely N-dealkylation sites (N-methyl/N-ethyl adjacent to an activating group) is 1. The molecular weight excluding hydrogens is 467 g/mol.